The van der Waals surface area contributed by atoms with Crippen LogP contribution in [0.2, 0.25) is 0 Å². The largest absolute Gasteiger partial charge is 0.480 e. The minimum Gasteiger partial charge on any atom is -0.480 e. The van der Waals surface area contributed by atoms with Gasteiger partial charge in [0.25, 0.3) is 0 Å². The monoisotopic (exact) mass is 401 g/mol. The molecule has 29 heavy (non-hydrogen) atoms. The van der Waals surface area contributed by atoms with E-state index in [9.17, 15) is 27.9 Å². The van der Waals surface area contributed by atoms with Crippen molar-refractivity contribution in [3.05, 3.63) is 83.4 Å². The van der Waals surface area contributed by atoms with Gasteiger partial charge in [0.2, 0.25) is 5.91 Å². The number of fused-ring (bicyclic) bond motifs is 1. The Balaban J connectivity index is 1.74. The van der Waals surface area contributed by atoms with Crippen LogP contribution in [-0.4, -0.2) is 23.0 Å². The van der Waals surface area contributed by atoms with Crippen molar-refractivity contribution < 1.29 is 27.9 Å². The molecule has 0 bridgehead atoms. The fourth-order valence-corrected chi connectivity index (χ4v) is 3.18. The summed E-state index contributed by atoms with van der Waals surface area (Å²) in [5.74, 6) is -1.87. The molecule has 0 aliphatic heterocycles. The average Bonchev–Trinajstić information content (AvgIpc) is 2.67. The Kier molecular flexibility index (Phi) is 5.87. The lowest BCUT2D eigenvalue weighted by molar-refractivity contribution is -0.141. The van der Waals surface area contributed by atoms with Crippen molar-refractivity contribution >= 4 is 22.6 Å². The van der Waals surface area contributed by atoms with Crippen LogP contribution in [0.15, 0.2) is 66.7 Å². The summed E-state index contributed by atoms with van der Waals surface area (Å²) in [5, 5.41) is 13.8. The first-order valence-corrected chi connectivity index (χ1v) is 8.89. The van der Waals surface area contributed by atoms with E-state index in [-0.39, 0.29) is 18.4 Å². The third-order valence-corrected chi connectivity index (χ3v) is 4.56. The van der Waals surface area contributed by atoms with Gasteiger partial charge in [0, 0.05) is 6.42 Å². The zero-order valence-corrected chi connectivity index (χ0v) is 15.2. The first kappa shape index (κ1) is 20.4. The van der Waals surface area contributed by atoms with E-state index in [1.807, 2.05) is 30.3 Å². The number of alkyl halides is 3. The highest BCUT2D eigenvalue weighted by Gasteiger charge is 2.30. The number of nitrogens with one attached hydrogen (secondary N) is 1. The molecule has 0 radical (unpaired) electrons. The van der Waals surface area contributed by atoms with Gasteiger partial charge in [-0.3, -0.25) is 4.79 Å². The van der Waals surface area contributed by atoms with Gasteiger partial charge in [-0.2, -0.15) is 13.2 Å². The molecule has 0 fully saturated rings. The smallest absolute Gasteiger partial charge is 0.416 e. The number of benzene rings is 3. The number of carbonyl (C=O) groups is 2. The van der Waals surface area contributed by atoms with E-state index >= 15 is 0 Å². The van der Waals surface area contributed by atoms with E-state index in [2.05, 4.69) is 5.32 Å². The van der Waals surface area contributed by atoms with Crippen LogP contribution in [0.5, 0.6) is 0 Å². The van der Waals surface area contributed by atoms with Gasteiger partial charge in [0.1, 0.15) is 6.04 Å². The zero-order valence-electron chi connectivity index (χ0n) is 15.2. The third kappa shape index (κ3) is 5.13. The molecule has 150 valence electrons. The van der Waals surface area contributed by atoms with E-state index in [1.165, 1.54) is 12.1 Å². The van der Waals surface area contributed by atoms with Gasteiger partial charge in [-0.05, 0) is 28.0 Å². The van der Waals surface area contributed by atoms with Crippen LogP contribution >= 0.6 is 0 Å². The van der Waals surface area contributed by atoms with Crippen LogP contribution in [0.3, 0.4) is 0 Å². The van der Waals surface area contributed by atoms with Crippen LogP contribution < -0.4 is 5.32 Å². The van der Waals surface area contributed by atoms with E-state index in [4.69, 9.17) is 0 Å². The molecule has 0 aliphatic carbocycles. The second-order valence-electron chi connectivity index (χ2n) is 6.68. The number of hydrogen-bond acceptors (Lipinski definition) is 2. The molecule has 0 aromatic heterocycles. The number of hydrogen-bond donors (Lipinski definition) is 2. The van der Waals surface area contributed by atoms with Gasteiger partial charge in [-0.25, -0.2) is 4.79 Å². The number of carboxylic acids is 1. The van der Waals surface area contributed by atoms with Crippen molar-refractivity contribution in [1.29, 1.82) is 0 Å². The number of carbonyl (C=O) groups excluding carboxylic acids is 1. The molecule has 3 rings (SSSR count). The summed E-state index contributed by atoms with van der Waals surface area (Å²) in [6.07, 6.45) is -4.79. The summed E-state index contributed by atoms with van der Waals surface area (Å²) < 4.78 is 38.4. The lowest BCUT2D eigenvalue weighted by Gasteiger charge is -2.16. The zero-order chi connectivity index (χ0) is 21.0. The summed E-state index contributed by atoms with van der Waals surface area (Å²) in [6, 6.07) is 16.2. The summed E-state index contributed by atoms with van der Waals surface area (Å²) in [5.41, 5.74) is 0.0647. The molecule has 3 aromatic carbocycles. The standard InChI is InChI=1S/C22H18F3NO3/c23-22(24,25)17-9-3-5-14(11-17)12-20(27)26-19(21(28)29)13-16-8-4-7-15-6-1-2-10-18(15)16/h1-11,19H,12-13H2,(H,26,27)(H,28,29)/t19-/m1/s1. The second kappa shape index (κ2) is 8.34. The normalized spacial score (nSPS) is 12.5. The molecular weight excluding hydrogens is 383 g/mol. The Morgan fingerprint density at radius 3 is 2.38 bits per heavy atom. The molecule has 2 N–H and O–H groups in total. The Labute approximate surface area is 165 Å². The van der Waals surface area contributed by atoms with Gasteiger partial charge in [-0.15, -0.1) is 0 Å². The third-order valence-electron chi connectivity index (χ3n) is 4.56. The van der Waals surface area contributed by atoms with Crippen molar-refractivity contribution in [2.24, 2.45) is 0 Å². The molecule has 0 heterocycles. The second-order valence-corrected chi connectivity index (χ2v) is 6.68. The molecule has 4 nitrogen and oxygen atoms in total. The highest BCUT2D eigenvalue weighted by molar-refractivity contribution is 5.88. The van der Waals surface area contributed by atoms with Gasteiger partial charge >= 0.3 is 12.1 Å². The fourth-order valence-electron chi connectivity index (χ4n) is 3.18. The van der Waals surface area contributed by atoms with E-state index in [0.717, 1.165) is 28.5 Å². The number of amides is 1. The highest BCUT2D eigenvalue weighted by atomic mass is 19.4. The fraction of sp³-hybridized carbons (Fsp3) is 0.182. The average molecular weight is 401 g/mol. The summed E-state index contributed by atoms with van der Waals surface area (Å²) >= 11 is 0. The quantitative estimate of drug-likeness (QED) is 0.650. The van der Waals surface area contributed by atoms with Crippen LogP contribution in [0.4, 0.5) is 13.2 Å². The minimum absolute atomic E-state index is 0.0605. The van der Waals surface area contributed by atoms with Crippen molar-refractivity contribution in [2.45, 2.75) is 25.1 Å². The molecule has 0 aliphatic rings. The number of rotatable bonds is 6. The molecule has 7 heteroatoms. The number of aliphatic carboxylic acids is 1. The maximum Gasteiger partial charge on any atom is 0.416 e. The van der Waals surface area contributed by atoms with E-state index in [1.54, 1.807) is 12.1 Å². The molecule has 0 spiro atoms. The van der Waals surface area contributed by atoms with Crippen molar-refractivity contribution in [3.63, 3.8) is 0 Å². The Morgan fingerprint density at radius 1 is 0.966 bits per heavy atom. The topological polar surface area (TPSA) is 66.4 Å². The van der Waals surface area contributed by atoms with Crippen molar-refractivity contribution in [2.75, 3.05) is 0 Å². The summed E-state index contributed by atoms with van der Waals surface area (Å²) in [7, 11) is 0. The molecule has 3 aromatic rings. The highest BCUT2D eigenvalue weighted by Crippen LogP contribution is 2.29. The molecular formula is C22H18F3NO3. The lowest BCUT2D eigenvalue weighted by Crippen LogP contribution is -2.43. The first-order chi connectivity index (χ1) is 13.7. The molecule has 1 amide bonds. The molecule has 1 atom stereocenters. The van der Waals surface area contributed by atoms with Crippen LogP contribution in [0, 0.1) is 0 Å². The molecule has 0 saturated heterocycles. The Morgan fingerprint density at radius 2 is 1.66 bits per heavy atom. The van der Waals surface area contributed by atoms with E-state index < -0.39 is 29.7 Å². The maximum absolute atomic E-state index is 12.8. The number of halogens is 3. The minimum atomic E-state index is -4.51. The first-order valence-electron chi connectivity index (χ1n) is 8.89. The SMILES string of the molecule is O=C(Cc1cccc(C(F)(F)F)c1)N[C@H](Cc1cccc2ccccc12)C(=O)O. The van der Waals surface area contributed by atoms with Crippen LogP contribution in [0.1, 0.15) is 16.7 Å². The van der Waals surface area contributed by atoms with Crippen LogP contribution in [-0.2, 0) is 28.6 Å². The predicted molar refractivity (Wildman–Crippen MR) is 102 cm³/mol. The molecule has 0 unspecified atom stereocenters. The van der Waals surface area contributed by atoms with Crippen LogP contribution in [0.25, 0.3) is 10.8 Å². The Hall–Kier alpha value is -3.35. The van der Waals surface area contributed by atoms with E-state index in [0.29, 0.717) is 0 Å². The summed E-state index contributed by atoms with van der Waals surface area (Å²) in [4.78, 5) is 23.9. The predicted octanol–water partition coefficient (Wildman–Crippen LogP) is 4.21. The van der Waals surface area contributed by atoms with Gasteiger partial charge < -0.3 is 10.4 Å². The van der Waals surface area contributed by atoms with Gasteiger partial charge in [0.05, 0.1) is 12.0 Å². The lowest BCUT2D eigenvalue weighted by atomic mass is 9.98. The van der Waals surface area contributed by atoms with Crippen molar-refractivity contribution in [3.8, 4) is 0 Å². The van der Waals surface area contributed by atoms with Gasteiger partial charge in [0.15, 0.2) is 0 Å². The summed E-state index contributed by atoms with van der Waals surface area (Å²) in [6.45, 7) is 0. The Bertz CT molecular complexity index is 1040. The van der Waals surface area contributed by atoms with Crippen molar-refractivity contribution in [1.82, 2.24) is 5.32 Å². The molecule has 0 saturated carbocycles. The maximum atomic E-state index is 12.8. The van der Waals surface area contributed by atoms with Gasteiger partial charge in [-0.1, -0.05) is 60.7 Å². The number of carboxylic acid groups (broad SMARTS) is 1.